The topological polar surface area (TPSA) is 75.4 Å². The Hall–Kier alpha value is -1.67. The third-order valence-corrected chi connectivity index (χ3v) is 5.44. The molecule has 3 N–H and O–H groups in total. The maximum atomic E-state index is 12.3. The van der Waals surface area contributed by atoms with E-state index in [4.69, 9.17) is 5.84 Å². The van der Waals surface area contributed by atoms with Crippen LogP contribution in [0.2, 0.25) is 0 Å². The summed E-state index contributed by atoms with van der Waals surface area (Å²) in [6.07, 6.45) is 2.41. The summed E-state index contributed by atoms with van der Waals surface area (Å²) in [6, 6.07) is 16.7. The molecular weight excluding hydrogens is 378 g/mol. The molecule has 0 aliphatic carbocycles. The SMILES string of the molecule is NN1C(c2ccc(Br)cc2)=CC(Cc2ccccc2)NS1(=O)=O. The summed E-state index contributed by atoms with van der Waals surface area (Å²) in [4.78, 5) is 0. The van der Waals surface area contributed by atoms with Gasteiger partial charge < -0.3 is 0 Å². The second kappa shape index (κ2) is 6.45. The molecule has 1 aliphatic heterocycles. The molecule has 0 spiro atoms. The summed E-state index contributed by atoms with van der Waals surface area (Å²) in [7, 11) is -3.76. The number of hydrazine groups is 1. The van der Waals surface area contributed by atoms with Gasteiger partial charge in [0.15, 0.2) is 0 Å². The summed E-state index contributed by atoms with van der Waals surface area (Å²) in [5, 5.41) is 0. The second-order valence-electron chi connectivity index (χ2n) is 5.27. The van der Waals surface area contributed by atoms with Crippen LogP contribution in [0.15, 0.2) is 65.1 Å². The van der Waals surface area contributed by atoms with Crippen LogP contribution in [0.3, 0.4) is 0 Å². The zero-order valence-corrected chi connectivity index (χ0v) is 14.6. The molecule has 23 heavy (non-hydrogen) atoms. The summed E-state index contributed by atoms with van der Waals surface area (Å²) < 4.78 is 28.8. The third kappa shape index (κ3) is 3.64. The highest BCUT2D eigenvalue weighted by Crippen LogP contribution is 2.25. The van der Waals surface area contributed by atoms with Crippen molar-refractivity contribution in [2.24, 2.45) is 5.84 Å². The average Bonchev–Trinajstić information content (AvgIpc) is 2.52. The van der Waals surface area contributed by atoms with E-state index in [0.717, 1.165) is 20.0 Å². The van der Waals surface area contributed by atoms with Crippen molar-refractivity contribution in [1.82, 2.24) is 9.14 Å². The highest BCUT2D eigenvalue weighted by molar-refractivity contribution is 9.10. The van der Waals surface area contributed by atoms with E-state index < -0.39 is 10.2 Å². The minimum Gasteiger partial charge on any atom is -0.232 e. The van der Waals surface area contributed by atoms with E-state index in [1.807, 2.05) is 60.7 Å². The van der Waals surface area contributed by atoms with Crippen molar-refractivity contribution in [3.05, 3.63) is 76.3 Å². The lowest BCUT2D eigenvalue weighted by atomic mass is 10.0. The minimum atomic E-state index is -3.76. The fraction of sp³-hybridized carbons (Fsp3) is 0.125. The molecule has 0 saturated heterocycles. The first kappa shape index (κ1) is 16.2. The number of benzene rings is 2. The molecule has 1 atom stereocenters. The zero-order chi connectivity index (χ0) is 16.4. The van der Waals surface area contributed by atoms with E-state index in [2.05, 4.69) is 20.7 Å². The molecular formula is C16H16BrN3O2S. The normalized spacial score (nSPS) is 20.2. The van der Waals surface area contributed by atoms with Crippen molar-refractivity contribution in [1.29, 1.82) is 0 Å². The summed E-state index contributed by atoms with van der Waals surface area (Å²) in [5.41, 5.74) is 2.27. The lowest BCUT2D eigenvalue weighted by molar-refractivity contribution is 0.486. The second-order valence-corrected chi connectivity index (χ2v) is 7.77. The van der Waals surface area contributed by atoms with Gasteiger partial charge in [0.05, 0.1) is 5.70 Å². The van der Waals surface area contributed by atoms with Crippen LogP contribution < -0.4 is 10.6 Å². The molecule has 120 valence electrons. The predicted molar refractivity (Wildman–Crippen MR) is 94.1 cm³/mol. The Morgan fingerprint density at radius 1 is 1.09 bits per heavy atom. The van der Waals surface area contributed by atoms with Crippen molar-refractivity contribution in [2.75, 3.05) is 0 Å². The van der Waals surface area contributed by atoms with Gasteiger partial charge >= 0.3 is 10.2 Å². The van der Waals surface area contributed by atoms with Gasteiger partial charge in [-0.15, -0.1) is 0 Å². The van der Waals surface area contributed by atoms with Crippen molar-refractivity contribution < 1.29 is 8.42 Å². The molecule has 3 rings (SSSR count). The average molecular weight is 394 g/mol. The van der Waals surface area contributed by atoms with E-state index in [1.165, 1.54) is 0 Å². The Morgan fingerprint density at radius 3 is 2.39 bits per heavy atom. The zero-order valence-electron chi connectivity index (χ0n) is 12.2. The summed E-state index contributed by atoms with van der Waals surface area (Å²) >= 11 is 3.37. The summed E-state index contributed by atoms with van der Waals surface area (Å²) in [5.74, 6) is 5.79. The van der Waals surface area contributed by atoms with Crippen LogP contribution in [-0.4, -0.2) is 18.9 Å². The quantitative estimate of drug-likeness (QED) is 0.786. The Labute approximate surface area is 144 Å². The number of nitrogens with two attached hydrogens (primary N) is 1. The summed E-state index contributed by atoms with van der Waals surface area (Å²) in [6.45, 7) is 0. The van der Waals surface area contributed by atoms with E-state index in [1.54, 1.807) is 0 Å². The van der Waals surface area contributed by atoms with Crippen molar-refractivity contribution in [3.63, 3.8) is 0 Å². The van der Waals surface area contributed by atoms with Crippen molar-refractivity contribution in [3.8, 4) is 0 Å². The monoisotopic (exact) mass is 393 g/mol. The number of nitrogens with one attached hydrogen (secondary N) is 1. The first-order valence-corrected chi connectivity index (χ1v) is 9.28. The Bertz CT molecular complexity index is 820. The number of rotatable bonds is 3. The van der Waals surface area contributed by atoms with Crippen LogP contribution in [0.25, 0.3) is 5.70 Å². The molecule has 0 aromatic heterocycles. The fourth-order valence-corrected chi connectivity index (χ4v) is 3.83. The van der Waals surface area contributed by atoms with Crippen LogP contribution in [0, 0.1) is 0 Å². The van der Waals surface area contributed by atoms with Gasteiger partial charge in [0.2, 0.25) is 0 Å². The van der Waals surface area contributed by atoms with Gasteiger partial charge in [-0.05, 0) is 30.2 Å². The molecule has 2 aromatic carbocycles. The van der Waals surface area contributed by atoms with E-state index >= 15 is 0 Å². The number of nitrogens with zero attached hydrogens (tertiary/aromatic N) is 1. The highest BCUT2D eigenvalue weighted by Gasteiger charge is 2.30. The molecule has 1 unspecified atom stereocenters. The molecule has 0 fully saturated rings. The first-order chi connectivity index (χ1) is 11.0. The standard InChI is InChI=1S/C16H16BrN3O2S/c17-14-8-6-13(7-9-14)16-11-15(19-23(21,22)20(16)18)10-12-4-2-1-3-5-12/h1-9,11,15,19H,10,18H2. The molecule has 7 heteroatoms. The molecule has 1 heterocycles. The first-order valence-electron chi connectivity index (χ1n) is 7.05. The van der Waals surface area contributed by atoms with Gasteiger partial charge in [0, 0.05) is 16.1 Å². The largest absolute Gasteiger partial charge is 0.315 e. The number of hydrogen-bond donors (Lipinski definition) is 2. The third-order valence-electron chi connectivity index (χ3n) is 3.59. The van der Waals surface area contributed by atoms with E-state index in [-0.39, 0.29) is 6.04 Å². The maximum Gasteiger partial charge on any atom is 0.315 e. The predicted octanol–water partition coefficient (Wildman–Crippen LogP) is 2.42. The van der Waals surface area contributed by atoms with Gasteiger partial charge in [-0.1, -0.05) is 58.4 Å². The Kier molecular flexibility index (Phi) is 4.54. The number of hydrogen-bond acceptors (Lipinski definition) is 3. The van der Waals surface area contributed by atoms with Gasteiger partial charge in [0.25, 0.3) is 0 Å². The van der Waals surface area contributed by atoms with Crippen LogP contribution >= 0.6 is 15.9 Å². The number of halogens is 1. The van der Waals surface area contributed by atoms with Gasteiger partial charge in [0.1, 0.15) is 0 Å². The maximum absolute atomic E-state index is 12.3. The smallest absolute Gasteiger partial charge is 0.232 e. The lowest BCUT2D eigenvalue weighted by Crippen LogP contribution is -2.51. The fourth-order valence-electron chi connectivity index (χ4n) is 2.49. The van der Waals surface area contributed by atoms with Gasteiger partial charge in [-0.2, -0.15) is 17.6 Å². The van der Waals surface area contributed by atoms with Gasteiger partial charge in [-0.3, -0.25) is 0 Å². The minimum absolute atomic E-state index is 0.346. The molecule has 0 amide bonds. The van der Waals surface area contributed by atoms with E-state index in [0.29, 0.717) is 12.1 Å². The lowest BCUT2D eigenvalue weighted by Gasteiger charge is -2.30. The Balaban J connectivity index is 1.96. The van der Waals surface area contributed by atoms with Crippen LogP contribution in [-0.2, 0) is 16.6 Å². The molecule has 0 bridgehead atoms. The van der Waals surface area contributed by atoms with Crippen molar-refractivity contribution in [2.45, 2.75) is 12.5 Å². The molecule has 5 nitrogen and oxygen atoms in total. The van der Waals surface area contributed by atoms with Crippen LogP contribution in [0.5, 0.6) is 0 Å². The Morgan fingerprint density at radius 2 is 1.74 bits per heavy atom. The highest BCUT2D eigenvalue weighted by atomic mass is 79.9. The van der Waals surface area contributed by atoms with Crippen LogP contribution in [0.1, 0.15) is 11.1 Å². The van der Waals surface area contributed by atoms with Crippen molar-refractivity contribution >= 4 is 31.8 Å². The van der Waals surface area contributed by atoms with E-state index in [9.17, 15) is 8.42 Å². The van der Waals surface area contributed by atoms with Gasteiger partial charge in [-0.25, -0.2) is 5.84 Å². The van der Waals surface area contributed by atoms with Crippen LogP contribution in [0.4, 0.5) is 0 Å². The molecule has 2 aromatic rings. The molecule has 0 radical (unpaired) electrons. The molecule has 1 aliphatic rings. The molecule has 0 saturated carbocycles.